The van der Waals surface area contributed by atoms with Gasteiger partial charge in [0.05, 0.1) is 13.0 Å². The van der Waals surface area contributed by atoms with Crippen LogP contribution in [0.25, 0.3) is 10.8 Å². The predicted molar refractivity (Wildman–Crippen MR) is 149 cm³/mol. The minimum atomic E-state index is -0.169. The van der Waals surface area contributed by atoms with Crippen molar-refractivity contribution in [2.45, 2.75) is 43.7 Å². The molecule has 0 saturated carbocycles. The van der Waals surface area contributed by atoms with E-state index in [2.05, 4.69) is 57.3 Å². The maximum absolute atomic E-state index is 13.1. The molecule has 10 heteroatoms. The third-order valence-electron chi connectivity index (χ3n) is 7.78. The van der Waals surface area contributed by atoms with E-state index >= 15 is 0 Å². The molecule has 2 fully saturated rings. The quantitative estimate of drug-likeness (QED) is 0.152. The van der Waals surface area contributed by atoms with E-state index in [4.69, 9.17) is 30.0 Å². The van der Waals surface area contributed by atoms with E-state index in [-0.39, 0.29) is 55.3 Å². The number of carbonyl (C=O) groups excluding carboxylic acids is 1. The number of hydrogen-bond donors (Lipinski definition) is 0. The molecule has 0 N–H and O–H groups in total. The molecule has 1 unspecified atom stereocenters. The maximum atomic E-state index is 13.1. The Hall–Kier alpha value is -1.13. The van der Waals surface area contributed by atoms with Gasteiger partial charge in [-0.25, -0.2) is 0 Å². The van der Waals surface area contributed by atoms with Crippen molar-refractivity contribution in [2.24, 2.45) is 10.9 Å². The Morgan fingerprint density at radius 1 is 1.13 bits per heavy atom. The van der Waals surface area contributed by atoms with E-state index in [1.54, 1.807) is 0 Å². The van der Waals surface area contributed by atoms with Crippen LogP contribution in [0.2, 0.25) is 0 Å². The SMILES string of the molecule is COC(=O)[C@H]1[C@@H](c2ccc3ccccc3c2)CC2CC[C@H]1N2CCCN(CC[S-])CC([O-])=NCC[S-].[O-2].[Tc+5]. The fourth-order valence-electron chi connectivity index (χ4n) is 6.19. The number of ether oxygens (including phenoxy) is 1. The number of piperidine rings is 1. The first-order valence-electron chi connectivity index (χ1n) is 13.0. The number of nitrogens with zero attached hydrogens (tertiary/aromatic N) is 3. The van der Waals surface area contributed by atoms with Crippen molar-refractivity contribution in [1.29, 1.82) is 0 Å². The summed E-state index contributed by atoms with van der Waals surface area (Å²) in [7, 11) is 1.51. The van der Waals surface area contributed by atoms with Gasteiger partial charge in [-0.05, 0) is 67.6 Å². The summed E-state index contributed by atoms with van der Waals surface area (Å²) < 4.78 is 5.34. The molecular formula is C28H36N3O4S2Tc. The first-order chi connectivity index (χ1) is 17.5. The van der Waals surface area contributed by atoms with Crippen LogP contribution < -0.4 is 5.11 Å². The molecule has 206 valence electrons. The molecule has 2 saturated heterocycles. The average Bonchev–Trinajstić information content (AvgIpc) is 3.17. The Kier molecular flexibility index (Phi) is 14.1. The van der Waals surface area contributed by atoms with Crippen molar-refractivity contribution in [3.05, 3.63) is 48.0 Å². The van der Waals surface area contributed by atoms with Crippen molar-refractivity contribution >= 4 is 47.9 Å². The Balaban J connectivity index is 0.00000253. The largest absolute Gasteiger partial charge is 5.00 e. The van der Waals surface area contributed by atoms with Gasteiger partial charge in [-0.1, -0.05) is 42.5 Å². The van der Waals surface area contributed by atoms with Gasteiger partial charge in [-0.15, -0.1) is 0 Å². The van der Waals surface area contributed by atoms with Crippen LogP contribution >= 0.6 is 0 Å². The molecule has 0 amide bonds. The van der Waals surface area contributed by atoms with Gasteiger partial charge in [-0.3, -0.25) is 9.69 Å². The number of hydrogen-bond acceptors (Lipinski definition) is 8. The fraction of sp³-hybridized carbons (Fsp3) is 0.571. The Bertz CT molecular complexity index is 1060. The molecule has 4 rings (SSSR count). The van der Waals surface area contributed by atoms with Crippen LogP contribution in [-0.4, -0.2) is 85.1 Å². The van der Waals surface area contributed by atoms with Gasteiger partial charge >= 0.3 is 26.1 Å². The molecule has 2 heterocycles. The summed E-state index contributed by atoms with van der Waals surface area (Å²) in [5, 5.41) is 14.5. The second-order valence-electron chi connectivity index (χ2n) is 9.85. The smallest absolute Gasteiger partial charge is 2.00 e. The zero-order valence-corrected chi connectivity index (χ0v) is 25.3. The Morgan fingerprint density at radius 3 is 2.61 bits per heavy atom. The number of esters is 1. The summed E-state index contributed by atoms with van der Waals surface area (Å²) in [5.41, 5.74) is 1.23. The number of fused-ring (bicyclic) bond motifs is 3. The van der Waals surface area contributed by atoms with Crippen molar-refractivity contribution in [3.8, 4) is 0 Å². The Labute approximate surface area is 250 Å². The van der Waals surface area contributed by atoms with E-state index < -0.39 is 0 Å². The van der Waals surface area contributed by atoms with E-state index in [0.29, 0.717) is 37.2 Å². The van der Waals surface area contributed by atoms with Gasteiger partial charge in [0.25, 0.3) is 0 Å². The van der Waals surface area contributed by atoms with Crippen LogP contribution in [-0.2, 0) is 60.4 Å². The molecule has 4 atom stereocenters. The van der Waals surface area contributed by atoms with Crippen LogP contribution in [0.5, 0.6) is 0 Å². The van der Waals surface area contributed by atoms with Gasteiger partial charge in [-0.2, -0.15) is 11.5 Å². The van der Waals surface area contributed by atoms with Gasteiger partial charge in [0.1, 0.15) is 0 Å². The summed E-state index contributed by atoms with van der Waals surface area (Å²) in [6, 6.07) is 15.6. The van der Waals surface area contributed by atoms with Crippen molar-refractivity contribution in [2.75, 3.05) is 51.3 Å². The topological polar surface area (TPSA) is 96.7 Å². The van der Waals surface area contributed by atoms with Crippen LogP contribution in [0.3, 0.4) is 0 Å². The number of methoxy groups -OCH3 is 1. The molecule has 2 aromatic rings. The van der Waals surface area contributed by atoms with Crippen molar-refractivity contribution < 1.29 is 40.2 Å². The monoisotopic (exact) mass is 639 g/mol. The molecule has 2 aliphatic rings. The normalized spacial score (nSPS) is 23.2. The zero-order valence-electron chi connectivity index (χ0n) is 21.8. The average molecular weight is 641 g/mol. The molecule has 2 aliphatic heterocycles. The van der Waals surface area contributed by atoms with Crippen molar-refractivity contribution in [3.63, 3.8) is 0 Å². The minimum Gasteiger partial charge on any atom is -2.00 e. The molecule has 2 bridgehead atoms. The number of benzene rings is 2. The van der Waals surface area contributed by atoms with Crippen LogP contribution in [0, 0.1) is 5.92 Å². The summed E-state index contributed by atoms with van der Waals surface area (Å²) in [4.78, 5) is 21.7. The van der Waals surface area contributed by atoms with E-state index in [9.17, 15) is 9.90 Å². The Morgan fingerprint density at radius 2 is 1.89 bits per heavy atom. The van der Waals surface area contributed by atoms with E-state index in [1.165, 1.54) is 23.4 Å². The molecule has 0 radical (unpaired) electrons. The third-order valence-corrected chi connectivity index (χ3v) is 8.14. The molecule has 2 aromatic carbocycles. The first kappa shape index (κ1) is 33.1. The minimum absolute atomic E-state index is 0. The molecule has 0 spiro atoms. The predicted octanol–water partition coefficient (Wildman–Crippen LogP) is 2.37. The molecule has 0 aromatic heterocycles. The van der Waals surface area contributed by atoms with E-state index in [1.807, 2.05) is 0 Å². The van der Waals surface area contributed by atoms with Gasteiger partial charge in [0.2, 0.25) is 0 Å². The van der Waals surface area contributed by atoms with Gasteiger partial charge < -0.3 is 50.5 Å². The number of aliphatic imine (C=N–C) groups is 1. The summed E-state index contributed by atoms with van der Waals surface area (Å²) in [5.74, 6) is 0.816. The summed E-state index contributed by atoms with van der Waals surface area (Å²) >= 11 is 10.1. The first-order valence-corrected chi connectivity index (χ1v) is 14.1. The number of carbonyl (C=O) groups is 1. The van der Waals surface area contributed by atoms with Crippen LogP contribution in [0.4, 0.5) is 0 Å². The summed E-state index contributed by atoms with van der Waals surface area (Å²) in [6.45, 7) is 3.09. The zero-order chi connectivity index (χ0) is 25.5. The molecule has 7 nitrogen and oxygen atoms in total. The van der Waals surface area contributed by atoms with Crippen LogP contribution in [0.1, 0.15) is 37.2 Å². The second-order valence-corrected chi connectivity index (χ2v) is 10.7. The van der Waals surface area contributed by atoms with Gasteiger partial charge in [0, 0.05) is 31.1 Å². The van der Waals surface area contributed by atoms with Crippen LogP contribution in [0.15, 0.2) is 47.5 Å². The molecule has 38 heavy (non-hydrogen) atoms. The van der Waals surface area contributed by atoms with Gasteiger partial charge in [0.15, 0.2) is 0 Å². The standard InChI is InChI=1S/C28H39N3O3S2.O.Tc/c1-34-28(33)27-24(22-8-7-20-5-2-3-6-21(20)17-22)18-23-9-10-25(27)31(23)13-4-12-30(14-16-36)19-26(32)29-11-15-35;;/h2-3,5-8,17,23-25,27,35-36H,4,9-16,18-19H2,1H3,(H,29,32);;/q;-2;+5/p-3/t23?,24-,25-,27+;;/m1../s1. The fourth-order valence-corrected chi connectivity index (χ4v) is 6.54. The molecular weight excluding hydrogens is 604 g/mol. The number of rotatable bonds is 12. The third kappa shape index (κ3) is 7.96. The maximum Gasteiger partial charge on any atom is 5.00 e. The summed E-state index contributed by atoms with van der Waals surface area (Å²) in [6.07, 6.45) is 4.01. The molecule has 0 aliphatic carbocycles. The second kappa shape index (κ2) is 16.2. The van der Waals surface area contributed by atoms with Crippen molar-refractivity contribution in [1.82, 2.24) is 9.80 Å². The van der Waals surface area contributed by atoms with E-state index in [0.717, 1.165) is 38.8 Å².